The van der Waals surface area contributed by atoms with Crippen LogP contribution < -0.4 is 5.73 Å². The summed E-state index contributed by atoms with van der Waals surface area (Å²) in [4.78, 5) is 12.8. The highest BCUT2D eigenvalue weighted by Crippen LogP contribution is 2.23. The third-order valence-electron chi connectivity index (χ3n) is 2.70. The Bertz CT molecular complexity index is 722. The lowest BCUT2D eigenvalue weighted by atomic mass is 10.3. The molecule has 3 aromatic rings. The number of nitrogens with two attached hydrogens (primary N) is 1. The van der Waals surface area contributed by atoms with E-state index in [4.69, 9.17) is 5.73 Å². The van der Waals surface area contributed by atoms with E-state index in [2.05, 4.69) is 34.1 Å². The van der Waals surface area contributed by atoms with Crippen molar-refractivity contribution in [1.29, 1.82) is 0 Å². The summed E-state index contributed by atoms with van der Waals surface area (Å²) in [5.74, 6) is 1.19. The zero-order valence-corrected chi connectivity index (χ0v) is 11.3. The molecule has 0 saturated heterocycles. The minimum atomic E-state index is 0.465. The molecule has 2 N–H and O–H groups in total. The number of thioether (sulfide) groups is 1. The van der Waals surface area contributed by atoms with Crippen LogP contribution in [-0.2, 0) is 5.75 Å². The average molecular weight is 271 g/mol. The van der Waals surface area contributed by atoms with E-state index in [1.807, 2.05) is 16.7 Å². The summed E-state index contributed by atoms with van der Waals surface area (Å²) in [7, 11) is 0. The number of anilines is 1. The minimum Gasteiger partial charge on any atom is -0.381 e. The van der Waals surface area contributed by atoms with E-state index in [-0.39, 0.29) is 0 Å². The van der Waals surface area contributed by atoms with Crippen LogP contribution in [0.2, 0.25) is 0 Å². The second kappa shape index (κ2) is 4.89. The molecule has 0 atom stereocenters. The summed E-state index contributed by atoms with van der Waals surface area (Å²) in [6, 6.07) is 4.07. The molecule has 3 aromatic heterocycles. The molecule has 0 aliphatic heterocycles. The van der Waals surface area contributed by atoms with Crippen molar-refractivity contribution in [1.82, 2.24) is 19.4 Å². The fraction of sp³-hybridized carbons (Fsp3) is 0.154. The Morgan fingerprint density at radius 2 is 2.05 bits per heavy atom. The lowest BCUT2D eigenvalue weighted by Gasteiger charge is -2.00. The van der Waals surface area contributed by atoms with E-state index in [0.717, 1.165) is 22.1 Å². The number of aromatic nitrogens is 4. The van der Waals surface area contributed by atoms with Gasteiger partial charge >= 0.3 is 0 Å². The highest BCUT2D eigenvalue weighted by Gasteiger charge is 2.06. The average Bonchev–Trinajstić information content (AvgIpc) is 2.79. The monoisotopic (exact) mass is 271 g/mol. The number of fused-ring (bicyclic) bond motifs is 1. The Kier molecular flexibility index (Phi) is 3.08. The highest BCUT2D eigenvalue weighted by atomic mass is 32.2. The molecule has 0 fully saturated rings. The van der Waals surface area contributed by atoms with Crippen LogP contribution in [0.5, 0.6) is 0 Å². The maximum atomic E-state index is 5.76. The first-order valence-corrected chi connectivity index (χ1v) is 6.84. The smallest absolute Gasteiger partial charge is 0.156 e. The molecule has 3 rings (SSSR count). The zero-order chi connectivity index (χ0) is 13.2. The maximum absolute atomic E-state index is 5.76. The molecule has 5 nitrogen and oxygen atoms in total. The van der Waals surface area contributed by atoms with Gasteiger partial charge in [-0.3, -0.25) is 0 Å². The molecule has 0 saturated carbocycles. The predicted molar refractivity (Wildman–Crippen MR) is 75.9 cm³/mol. The summed E-state index contributed by atoms with van der Waals surface area (Å²) in [6.45, 7) is 2.06. The topological polar surface area (TPSA) is 69.1 Å². The van der Waals surface area contributed by atoms with Gasteiger partial charge < -0.3 is 10.1 Å². The molecule has 0 spiro atoms. The molecule has 0 amide bonds. The SMILES string of the molecule is Cc1ccc2nc(CSc3nccnc3N)cn2c1. The van der Waals surface area contributed by atoms with Crippen LogP contribution in [0.15, 0.2) is 41.9 Å². The first-order chi connectivity index (χ1) is 9.22. The fourth-order valence-electron chi connectivity index (χ4n) is 1.81. The van der Waals surface area contributed by atoms with E-state index in [1.165, 1.54) is 5.56 Å². The van der Waals surface area contributed by atoms with Crippen LogP contribution in [0.25, 0.3) is 5.65 Å². The summed E-state index contributed by atoms with van der Waals surface area (Å²) in [5, 5.41) is 0.746. The van der Waals surface area contributed by atoms with Gasteiger partial charge in [0.05, 0.1) is 5.69 Å². The molecule has 0 aliphatic rings. The van der Waals surface area contributed by atoms with Crippen LogP contribution in [-0.4, -0.2) is 19.4 Å². The van der Waals surface area contributed by atoms with Crippen molar-refractivity contribution in [2.45, 2.75) is 17.7 Å². The van der Waals surface area contributed by atoms with Crippen LogP contribution in [0.3, 0.4) is 0 Å². The van der Waals surface area contributed by atoms with Crippen LogP contribution in [0.4, 0.5) is 5.82 Å². The lowest BCUT2D eigenvalue weighted by molar-refractivity contribution is 1.07. The van der Waals surface area contributed by atoms with Gasteiger partial charge in [0.2, 0.25) is 0 Å². The molecule has 0 unspecified atom stereocenters. The van der Waals surface area contributed by atoms with Gasteiger partial charge in [-0.1, -0.05) is 17.8 Å². The molecular formula is C13H13N5S. The van der Waals surface area contributed by atoms with Gasteiger partial charge in [0.15, 0.2) is 5.82 Å². The number of hydrogen-bond donors (Lipinski definition) is 1. The van der Waals surface area contributed by atoms with Crippen molar-refractivity contribution in [3.05, 3.63) is 48.2 Å². The van der Waals surface area contributed by atoms with Gasteiger partial charge in [-0.05, 0) is 18.6 Å². The molecule has 19 heavy (non-hydrogen) atoms. The van der Waals surface area contributed by atoms with Gasteiger partial charge in [0, 0.05) is 30.5 Å². The summed E-state index contributed by atoms with van der Waals surface area (Å²) >= 11 is 1.55. The molecular weight excluding hydrogens is 258 g/mol. The quantitative estimate of drug-likeness (QED) is 0.740. The molecule has 0 bridgehead atoms. The van der Waals surface area contributed by atoms with Gasteiger partial charge in [-0.15, -0.1) is 0 Å². The van der Waals surface area contributed by atoms with E-state index in [0.29, 0.717) is 5.82 Å². The predicted octanol–water partition coefficient (Wildman–Crippen LogP) is 2.31. The van der Waals surface area contributed by atoms with Crippen molar-refractivity contribution in [3.63, 3.8) is 0 Å². The molecule has 0 radical (unpaired) electrons. The summed E-state index contributed by atoms with van der Waals surface area (Å²) in [5.41, 5.74) is 8.92. The van der Waals surface area contributed by atoms with Crippen LogP contribution in [0.1, 0.15) is 11.3 Å². The maximum Gasteiger partial charge on any atom is 0.156 e. The molecule has 0 aliphatic carbocycles. The number of aryl methyl sites for hydroxylation is 1. The van der Waals surface area contributed by atoms with Gasteiger partial charge in [-0.25, -0.2) is 15.0 Å². The molecule has 6 heteroatoms. The normalized spacial score (nSPS) is 11.0. The summed E-state index contributed by atoms with van der Waals surface area (Å²) < 4.78 is 2.03. The van der Waals surface area contributed by atoms with Gasteiger partial charge in [-0.2, -0.15) is 0 Å². The summed E-state index contributed by atoms with van der Waals surface area (Å²) in [6.07, 6.45) is 7.33. The second-order valence-electron chi connectivity index (χ2n) is 4.24. The highest BCUT2D eigenvalue weighted by molar-refractivity contribution is 7.98. The number of pyridine rings is 1. The molecule has 96 valence electrons. The van der Waals surface area contributed by atoms with Crippen molar-refractivity contribution >= 4 is 23.2 Å². The van der Waals surface area contributed by atoms with Crippen molar-refractivity contribution in [3.8, 4) is 0 Å². The van der Waals surface area contributed by atoms with Crippen molar-refractivity contribution < 1.29 is 0 Å². The Balaban J connectivity index is 1.80. The number of nitrogen functional groups attached to an aromatic ring is 1. The third-order valence-corrected chi connectivity index (χ3v) is 3.72. The van der Waals surface area contributed by atoms with Crippen LogP contribution >= 0.6 is 11.8 Å². The van der Waals surface area contributed by atoms with Gasteiger partial charge in [0.25, 0.3) is 0 Å². The Labute approximate surface area is 114 Å². The lowest BCUT2D eigenvalue weighted by Crippen LogP contribution is -1.94. The van der Waals surface area contributed by atoms with Gasteiger partial charge in [0.1, 0.15) is 10.7 Å². The van der Waals surface area contributed by atoms with Crippen molar-refractivity contribution in [2.24, 2.45) is 0 Å². The largest absolute Gasteiger partial charge is 0.381 e. The zero-order valence-electron chi connectivity index (χ0n) is 10.4. The number of hydrogen-bond acceptors (Lipinski definition) is 5. The Morgan fingerprint density at radius 1 is 1.21 bits per heavy atom. The second-order valence-corrected chi connectivity index (χ2v) is 5.20. The van der Waals surface area contributed by atoms with E-state index >= 15 is 0 Å². The third kappa shape index (κ3) is 2.53. The fourth-order valence-corrected chi connectivity index (χ4v) is 2.57. The minimum absolute atomic E-state index is 0.465. The standard InChI is InChI=1S/C13H13N5S/c1-9-2-3-11-17-10(7-18(11)6-9)8-19-13-12(14)15-4-5-16-13/h2-7H,8H2,1H3,(H2,14,15). The molecule has 0 aromatic carbocycles. The number of rotatable bonds is 3. The Morgan fingerprint density at radius 3 is 2.89 bits per heavy atom. The Hall–Kier alpha value is -2.08. The number of imidazole rings is 1. The van der Waals surface area contributed by atoms with E-state index in [1.54, 1.807) is 24.2 Å². The van der Waals surface area contributed by atoms with Crippen LogP contribution in [0, 0.1) is 6.92 Å². The van der Waals surface area contributed by atoms with Crippen molar-refractivity contribution in [2.75, 3.05) is 5.73 Å². The first-order valence-electron chi connectivity index (χ1n) is 5.86. The molecule has 3 heterocycles. The first kappa shape index (κ1) is 12.0. The van der Waals surface area contributed by atoms with E-state index < -0.39 is 0 Å². The number of nitrogens with zero attached hydrogens (tertiary/aromatic N) is 4. The van der Waals surface area contributed by atoms with E-state index in [9.17, 15) is 0 Å².